The first-order valence-corrected chi connectivity index (χ1v) is 10.7. The maximum atomic E-state index is 13.4. The maximum absolute atomic E-state index is 13.4. The molecule has 174 valence electrons. The van der Waals surface area contributed by atoms with E-state index in [2.05, 4.69) is 0 Å². The molecular weight excluding hydrogens is 432 g/mol. The fourth-order valence-corrected chi connectivity index (χ4v) is 5.14. The molecule has 0 spiro atoms. The van der Waals surface area contributed by atoms with Crippen LogP contribution in [-0.2, 0) is 9.53 Å². The van der Waals surface area contributed by atoms with Gasteiger partial charge in [-0.15, -0.1) is 0 Å². The first-order valence-electron chi connectivity index (χ1n) is 10.7. The smallest absolute Gasteiger partial charge is 0.198 e. The number of carbonyl (C=O) groups is 2. The average molecular weight is 456 g/mol. The molecule has 4 aliphatic rings. The van der Waals surface area contributed by atoms with Gasteiger partial charge in [-0.3, -0.25) is 9.59 Å². The summed E-state index contributed by atoms with van der Waals surface area (Å²) < 4.78 is 5.79. The largest absolute Gasteiger partial charge is 0.507 e. The zero-order valence-electron chi connectivity index (χ0n) is 17.9. The first kappa shape index (κ1) is 22.0. The number of carbonyl (C=O) groups excluding carboxylic acids is 2. The molecule has 1 heterocycles. The predicted molar refractivity (Wildman–Crippen MR) is 113 cm³/mol. The van der Waals surface area contributed by atoms with Crippen LogP contribution in [0.5, 0.6) is 5.75 Å². The van der Waals surface area contributed by atoms with Crippen molar-refractivity contribution in [2.24, 2.45) is 0 Å². The lowest BCUT2D eigenvalue weighted by molar-refractivity contribution is -0.154. The van der Waals surface area contributed by atoms with E-state index in [0.717, 1.165) is 6.92 Å². The van der Waals surface area contributed by atoms with Crippen molar-refractivity contribution in [1.82, 2.24) is 0 Å². The highest BCUT2D eigenvalue weighted by atomic mass is 16.5. The molecule has 1 saturated heterocycles. The summed E-state index contributed by atoms with van der Waals surface area (Å²) in [6.45, 7) is 2.78. The Morgan fingerprint density at radius 2 is 1.79 bits per heavy atom. The summed E-state index contributed by atoms with van der Waals surface area (Å²) in [4.78, 5) is 26.2. The van der Waals surface area contributed by atoms with Gasteiger partial charge in [0.2, 0.25) is 0 Å². The zero-order chi connectivity index (χ0) is 24.0. The molecular formula is C24H24O9. The van der Waals surface area contributed by atoms with Crippen LogP contribution >= 0.6 is 0 Å². The number of hydrogen-bond acceptors (Lipinski definition) is 9. The van der Waals surface area contributed by atoms with Gasteiger partial charge in [-0.1, -0.05) is 6.07 Å². The van der Waals surface area contributed by atoms with Crippen molar-refractivity contribution in [3.8, 4) is 5.75 Å². The number of hydrogen-bond donors (Lipinski definition) is 6. The highest BCUT2D eigenvalue weighted by Crippen LogP contribution is 2.50. The predicted octanol–water partition coefficient (Wildman–Crippen LogP) is 0.751. The molecule has 1 fully saturated rings. The van der Waals surface area contributed by atoms with Gasteiger partial charge in [-0.2, -0.15) is 0 Å². The van der Waals surface area contributed by atoms with Gasteiger partial charge >= 0.3 is 0 Å². The highest BCUT2D eigenvalue weighted by Gasteiger charge is 2.54. The Kier molecular flexibility index (Phi) is 4.72. The third kappa shape index (κ3) is 2.84. The zero-order valence-corrected chi connectivity index (χ0v) is 17.9. The average Bonchev–Trinajstić information content (AvgIpc) is 3.18. The molecule has 6 N–H and O–H groups in total. The second-order valence-corrected chi connectivity index (χ2v) is 9.20. The standard InChI is InChI=1S/C24H24O9/c1-8-13(25)5-6-14(33-8)9-3-4-10-17(18(9)26)20(28)11-7-12-16(15(11)19(10)27)21(29)23(31)24(2,32)22(12)30/h3-4,7-8,13-14,21,23,25-27,29,31-32H,5-6H2,1-2H3/t8-,13+,14-,21+,23-,24-/m1/s1. The summed E-state index contributed by atoms with van der Waals surface area (Å²) in [6, 6.07) is 2.97. The Hall–Kier alpha value is -2.82. The van der Waals surface area contributed by atoms with Gasteiger partial charge in [-0.05, 0) is 38.8 Å². The number of ketones is 2. The number of aliphatic hydroxyl groups is 5. The second-order valence-electron chi connectivity index (χ2n) is 9.20. The lowest BCUT2D eigenvalue weighted by Gasteiger charge is -2.37. The topological polar surface area (TPSA) is 165 Å². The van der Waals surface area contributed by atoms with Gasteiger partial charge < -0.3 is 35.4 Å². The molecule has 0 amide bonds. The molecule has 0 aromatic heterocycles. The second kappa shape index (κ2) is 7.09. The Morgan fingerprint density at radius 1 is 1.09 bits per heavy atom. The molecule has 5 rings (SSSR count). The van der Waals surface area contributed by atoms with Crippen LogP contribution in [-0.4, -0.2) is 72.2 Å². The van der Waals surface area contributed by atoms with Crippen LogP contribution < -0.4 is 0 Å². The summed E-state index contributed by atoms with van der Waals surface area (Å²) in [5.74, 6) is -2.37. The summed E-state index contributed by atoms with van der Waals surface area (Å²) >= 11 is 0. The van der Waals surface area contributed by atoms with Crippen LogP contribution in [0, 0.1) is 0 Å². The molecule has 0 radical (unpaired) electrons. The monoisotopic (exact) mass is 456 g/mol. The van der Waals surface area contributed by atoms with Gasteiger partial charge in [0.1, 0.15) is 23.7 Å². The molecule has 0 unspecified atom stereocenters. The number of Topliss-reactive ketones (excluding diaryl/α,β-unsaturated/α-hetero) is 2. The number of rotatable bonds is 1. The number of benzene rings is 1. The summed E-state index contributed by atoms with van der Waals surface area (Å²) in [6.07, 6.45) is -3.19. The quantitative estimate of drug-likeness (QED) is 0.358. The van der Waals surface area contributed by atoms with Crippen molar-refractivity contribution in [1.29, 1.82) is 0 Å². The van der Waals surface area contributed by atoms with Crippen LogP contribution in [0.1, 0.15) is 54.3 Å². The van der Waals surface area contributed by atoms with Gasteiger partial charge in [0.15, 0.2) is 17.2 Å². The van der Waals surface area contributed by atoms with Gasteiger partial charge in [0.05, 0.1) is 23.9 Å². The number of aromatic hydroxyl groups is 1. The number of phenols is 1. The number of fused-ring (bicyclic) bond motifs is 3. The minimum Gasteiger partial charge on any atom is -0.507 e. The molecule has 9 nitrogen and oxygen atoms in total. The fourth-order valence-electron chi connectivity index (χ4n) is 5.14. The van der Waals surface area contributed by atoms with Crippen molar-refractivity contribution in [3.63, 3.8) is 0 Å². The fraction of sp³-hybridized carbons (Fsp3) is 0.417. The molecule has 6 atom stereocenters. The molecule has 0 bridgehead atoms. The van der Waals surface area contributed by atoms with E-state index in [1.807, 2.05) is 0 Å². The van der Waals surface area contributed by atoms with Gasteiger partial charge in [0, 0.05) is 33.4 Å². The normalized spacial score (nSPS) is 35.9. The molecule has 33 heavy (non-hydrogen) atoms. The van der Waals surface area contributed by atoms with E-state index >= 15 is 0 Å². The molecule has 1 aromatic rings. The molecule has 1 aliphatic heterocycles. The SMILES string of the molecule is C[C@H]1O[C@@H](c2ccc3c(c2O)C(=O)C2=CC4=C(C2=C3O)[C@H](O)[C@@H](O)[C@](C)(O)C4=O)CC[C@@H]1O. The van der Waals surface area contributed by atoms with Crippen molar-refractivity contribution in [3.05, 3.63) is 57.2 Å². The van der Waals surface area contributed by atoms with Crippen molar-refractivity contribution >= 4 is 17.3 Å². The van der Waals surface area contributed by atoms with Crippen molar-refractivity contribution in [2.45, 2.75) is 62.8 Å². The summed E-state index contributed by atoms with van der Waals surface area (Å²) in [7, 11) is 0. The first-order chi connectivity index (χ1) is 15.5. The number of phenolic OH excluding ortho intramolecular Hbond substituents is 1. The Labute approximate surface area is 188 Å². The van der Waals surface area contributed by atoms with E-state index in [-0.39, 0.29) is 39.2 Å². The third-order valence-corrected chi connectivity index (χ3v) is 7.16. The van der Waals surface area contributed by atoms with E-state index < -0.39 is 53.4 Å². The minimum atomic E-state index is -2.27. The summed E-state index contributed by atoms with van der Waals surface area (Å²) in [5.41, 5.74) is -2.62. The Balaban J connectivity index is 1.64. The van der Waals surface area contributed by atoms with Crippen LogP contribution in [0.3, 0.4) is 0 Å². The Morgan fingerprint density at radius 3 is 2.45 bits per heavy atom. The van der Waals surface area contributed by atoms with E-state index in [9.17, 15) is 40.2 Å². The number of allylic oxidation sites excluding steroid dienone is 2. The number of ether oxygens (including phenoxy) is 1. The van der Waals surface area contributed by atoms with E-state index in [0.29, 0.717) is 18.4 Å². The lowest BCUT2D eigenvalue weighted by atomic mass is 9.74. The minimum absolute atomic E-state index is 0.0116. The van der Waals surface area contributed by atoms with Crippen LogP contribution in [0.2, 0.25) is 0 Å². The molecule has 0 saturated carbocycles. The van der Waals surface area contributed by atoms with Crippen molar-refractivity contribution in [2.75, 3.05) is 0 Å². The van der Waals surface area contributed by atoms with Crippen LogP contribution in [0.4, 0.5) is 0 Å². The molecule has 1 aromatic carbocycles. The lowest BCUT2D eigenvalue weighted by Crippen LogP contribution is -2.56. The van der Waals surface area contributed by atoms with E-state index in [1.54, 1.807) is 6.92 Å². The molecule has 9 heteroatoms. The van der Waals surface area contributed by atoms with Crippen molar-refractivity contribution < 1.29 is 45.0 Å². The third-order valence-electron chi connectivity index (χ3n) is 7.16. The maximum Gasteiger partial charge on any atom is 0.198 e. The highest BCUT2D eigenvalue weighted by molar-refractivity contribution is 6.24. The van der Waals surface area contributed by atoms with Crippen LogP contribution in [0.25, 0.3) is 5.76 Å². The van der Waals surface area contributed by atoms with Gasteiger partial charge in [0.25, 0.3) is 0 Å². The Bertz CT molecular complexity index is 1200. The van der Waals surface area contributed by atoms with E-state index in [4.69, 9.17) is 4.74 Å². The summed E-state index contributed by atoms with van der Waals surface area (Å²) in [5, 5.41) is 63.2. The molecule has 3 aliphatic carbocycles. The number of aliphatic hydroxyl groups excluding tert-OH is 4. The van der Waals surface area contributed by atoms with E-state index in [1.165, 1.54) is 18.2 Å². The van der Waals surface area contributed by atoms with Gasteiger partial charge in [-0.25, -0.2) is 0 Å². The van der Waals surface area contributed by atoms with Crippen LogP contribution in [0.15, 0.2) is 40.5 Å².